The van der Waals surface area contributed by atoms with Gasteiger partial charge in [0.15, 0.2) is 0 Å². The van der Waals surface area contributed by atoms with E-state index in [0.717, 1.165) is 29.4 Å². The summed E-state index contributed by atoms with van der Waals surface area (Å²) in [5.41, 5.74) is 1.69. The molecule has 1 aliphatic carbocycles. The Morgan fingerprint density at radius 1 is 1.36 bits per heavy atom. The van der Waals surface area contributed by atoms with E-state index in [9.17, 15) is 4.79 Å². The highest BCUT2D eigenvalue weighted by atomic mass is 16.5. The first kappa shape index (κ1) is 14.8. The topological polar surface area (TPSA) is 77.1 Å². The first-order valence-corrected chi connectivity index (χ1v) is 7.83. The number of aromatic amines is 1. The first-order valence-electron chi connectivity index (χ1n) is 7.83. The van der Waals surface area contributed by atoms with Crippen molar-refractivity contribution in [2.75, 3.05) is 7.11 Å². The van der Waals surface area contributed by atoms with Crippen LogP contribution in [0.4, 0.5) is 0 Å². The predicted molar refractivity (Wildman–Crippen MR) is 81.7 cm³/mol. The Kier molecular flexibility index (Phi) is 4.56. The molecule has 6 heteroatoms. The molecule has 0 aromatic carbocycles. The predicted octanol–water partition coefficient (Wildman–Crippen LogP) is 2.78. The van der Waals surface area contributed by atoms with Gasteiger partial charge in [0.2, 0.25) is 5.88 Å². The summed E-state index contributed by atoms with van der Waals surface area (Å²) in [6.07, 6.45) is 8.63. The number of aromatic nitrogens is 3. The lowest BCUT2D eigenvalue weighted by Crippen LogP contribution is -2.20. The Balaban J connectivity index is 1.82. The van der Waals surface area contributed by atoms with Crippen LogP contribution in [0.2, 0.25) is 0 Å². The van der Waals surface area contributed by atoms with E-state index >= 15 is 0 Å². The zero-order chi connectivity index (χ0) is 15.4. The normalized spacial score (nSPS) is 15.9. The van der Waals surface area contributed by atoms with Crippen molar-refractivity contribution in [3.63, 3.8) is 0 Å². The lowest BCUT2D eigenvalue weighted by Gasteiger charge is -2.22. The molecule has 3 rings (SSSR count). The summed E-state index contributed by atoms with van der Waals surface area (Å²) in [5.74, 6) is 0.382. The number of rotatable bonds is 5. The van der Waals surface area contributed by atoms with Crippen LogP contribution in [-0.2, 0) is 16.0 Å². The summed E-state index contributed by atoms with van der Waals surface area (Å²) in [4.78, 5) is 15.7. The van der Waals surface area contributed by atoms with Gasteiger partial charge in [0.1, 0.15) is 6.10 Å². The maximum atomic E-state index is 11.3. The molecular weight excluding hydrogens is 282 g/mol. The molecule has 2 aromatic heterocycles. The van der Waals surface area contributed by atoms with Gasteiger partial charge in [-0.2, -0.15) is 5.10 Å². The number of ether oxygens (including phenoxy) is 2. The van der Waals surface area contributed by atoms with Crippen LogP contribution in [0.3, 0.4) is 0 Å². The van der Waals surface area contributed by atoms with Gasteiger partial charge < -0.3 is 9.47 Å². The molecule has 0 radical (unpaired) electrons. The fourth-order valence-corrected chi connectivity index (χ4v) is 2.93. The minimum absolute atomic E-state index is 0.232. The maximum absolute atomic E-state index is 11.3. The molecular formula is C16H21N3O3. The monoisotopic (exact) mass is 303 g/mol. The van der Waals surface area contributed by atoms with Crippen LogP contribution in [0.1, 0.15) is 44.2 Å². The molecule has 1 aliphatic rings. The van der Waals surface area contributed by atoms with Crippen molar-refractivity contribution in [3.8, 4) is 5.88 Å². The quantitative estimate of drug-likeness (QED) is 0.859. The number of H-pyrrole nitrogens is 1. The number of carbonyl (C=O) groups is 1. The number of nitrogens with zero attached hydrogens (tertiary/aromatic N) is 2. The van der Waals surface area contributed by atoms with E-state index in [4.69, 9.17) is 4.74 Å². The third-order valence-corrected chi connectivity index (χ3v) is 4.14. The van der Waals surface area contributed by atoms with Crippen LogP contribution in [-0.4, -0.2) is 34.4 Å². The molecule has 0 saturated heterocycles. The minimum Gasteiger partial charge on any atom is -0.474 e. The van der Waals surface area contributed by atoms with Crippen LogP contribution < -0.4 is 4.74 Å². The highest BCUT2D eigenvalue weighted by Gasteiger charge is 2.19. The number of carbonyl (C=O) groups excluding carboxylic acids is 1. The molecule has 6 nitrogen and oxygen atoms in total. The second kappa shape index (κ2) is 6.77. The molecule has 1 saturated carbocycles. The standard InChI is InChI=1S/C16H21N3O3/c1-21-14(20)8-7-12-15-13(19-18-12)9-10-17-16(15)22-11-5-3-2-4-6-11/h9-11H,2-8H2,1H3,(H,18,19). The fraction of sp³-hybridized carbons (Fsp3) is 0.562. The highest BCUT2D eigenvalue weighted by molar-refractivity contribution is 5.86. The summed E-state index contributed by atoms with van der Waals surface area (Å²) >= 11 is 0. The van der Waals surface area contributed by atoms with Gasteiger partial charge in [-0.3, -0.25) is 9.89 Å². The van der Waals surface area contributed by atoms with Gasteiger partial charge >= 0.3 is 5.97 Å². The van der Waals surface area contributed by atoms with E-state index in [1.807, 2.05) is 6.07 Å². The summed E-state index contributed by atoms with van der Waals surface area (Å²) in [5, 5.41) is 8.17. The average Bonchev–Trinajstić information content (AvgIpc) is 2.98. The van der Waals surface area contributed by atoms with Crippen molar-refractivity contribution in [2.45, 2.75) is 51.0 Å². The molecule has 2 aromatic rings. The van der Waals surface area contributed by atoms with Crippen LogP contribution in [0.15, 0.2) is 12.3 Å². The van der Waals surface area contributed by atoms with Gasteiger partial charge in [-0.15, -0.1) is 0 Å². The van der Waals surface area contributed by atoms with Crippen molar-refractivity contribution in [1.82, 2.24) is 15.2 Å². The summed E-state index contributed by atoms with van der Waals surface area (Å²) in [6, 6.07) is 1.87. The van der Waals surface area contributed by atoms with Crippen molar-refractivity contribution < 1.29 is 14.3 Å². The van der Waals surface area contributed by atoms with Crippen molar-refractivity contribution in [3.05, 3.63) is 18.0 Å². The smallest absolute Gasteiger partial charge is 0.305 e. The Hall–Kier alpha value is -2.11. The zero-order valence-corrected chi connectivity index (χ0v) is 12.8. The average molecular weight is 303 g/mol. The van der Waals surface area contributed by atoms with Crippen molar-refractivity contribution in [2.24, 2.45) is 0 Å². The maximum Gasteiger partial charge on any atom is 0.305 e. The van der Waals surface area contributed by atoms with E-state index in [1.165, 1.54) is 26.4 Å². The molecule has 0 atom stereocenters. The highest BCUT2D eigenvalue weighted by Crippen LogP contribution is 2.29. The molecule has 0 aliphatic heterocycles. The molecule has 2 heterocycles. The summed E-state index contributed by atoms with van der Waals surface area (Å²) in [6.45, 7) is 0. The number of nitrogens with one attached hydrogen (secondary N) is 1. The van der Waals surface area contributed by atoms with Crippen LogP contribution in [0, 0.1) is 0 Å². The number of methoxy groups -OCH3 is 1. The Morgan fingerprint density at radius 2 is 2.18 bits per heavy atom. The number of aryl methyl sites for hydroxylation is 1. The van der Waals surface area contributed by atoms with Gasteiger partial charge in [0.05, 0.1) is 30.1 Å². The molecule has 0 bridgehead atoms. The first-order chi connectivity index (χ1) is 10.8. The number of hydrogen-bond donors (Lipinski definition) is 1. The molecule has 0 spiro atoms. The summed E-state index contributed by atoms with van der Waals surface area (Å²) < 4.78 is 10.8. The Labute approximate surface area is 129 Å². The summed E-state index contributed by atoms with van der Waals surface area (Å²) in [7, 11) is 1.39. The van der Waals surface area contributed by atoms with E-state index in [1.54, 1.807) is 6.20 Å². The van der Waals surface area contributed by atoms with Gasteiger partial charge in [0.25, 0.3) is 0 Å². The largest absolute Gasteiger partial charge is 0.474 e. The molecule has 1 N–H and O–H groups in total. The molecule has 22 heavy (non-hydrogen) atoms. The van der Waals surface area contributed by atoms with E-state index < -0.39 is 0 Å². The van der Waals surface area contributed by atoms with E-state index in [0.29, 0.717) is 18.7 Å². The van der Waals surface area contributed by atoms with Crippen LogP contribution in [0.5, 0.6) is 5.88 Å². The third-order valence-electron chi connectivity index (χ3n) is 4.14. The number of hydrogen-bond acceptors (Lipinski definition) is 5. The SMILES string of the molecule is COC(=O)CCc1n[nH]c2ccnc(OC3CCCCC3)c12. The second-order valence-corrected chi connectivity index (χ2v) is 5.66. The van der Waals surface area contributed by atoms with Crippen LogP contribution in [0.25, 0.3) is 10.9 Å². The molecule has 1 fully saturated rings. The lowest BCUT2D eigenvalue weighted by molar-refractivity contribution is -0.140. The van der Waals surface area contributed by atoms with Gasteiger partial charge in [-0.05, 0) is 31.7 Å². The van der Waals surface area contributed by atoms with Gasteiger partial charge in [-0.1, -0.05) is 6.42 Å². The van der Waals surface area contributed by atoms with Gasteiger partial charge in [0, 0.05) is 12.6 Å². The van der Waals surface area contributed by atoms with Crippen molar-refractivity contribution >= 4 is 16.9 Å². The molecule has 0 amide bonds. The molecule has 0 unspecified atom stereocenters. The minimum atomic E-state index is -0.241. The number of pyridine rings is 1. The molecule has 118 valence electrons. The zero-order valence-electron chi connectivity index (χ0n) is 12.8. The van der Waals surface area contributed by atoms with E-state index in [-0.39, 0.29) is 12.1 Å². The second-order valence-electron chi connectivity index (χ2n) is 5.66. The fourth-order valence-electron chi connectivity index (χ4n) is 2.93. The Morgan fingerprint density at radius 3 is 2.95 bits per heavy atom. The Bertz CT molecular complexity index is 647. The van der Waals surface area contributed by atoms with E-state index in [2.05, 4.69) is 19.9 Å². The number of fused-ring (bicyclic) bond motifs is 1. The number of esters is 1. The third kappa shape index (κ3) is 3.21. The van der Waals surface area contributed by atoms with Gasteiger partial charge in [-0.25, -0.2) is 4.98 Å². The van der Waals surface area contributed by atoms with Crippen LogP contribution >= 0.6 is 0 Å². The lowest BCUT2D eigenvalue weighted by atomic mass is 9.98. The van der Waals surface area contributed by atoms with Crippen molar-refractivity contribution in [1.29, 1.82) is 0 Å².